The summed E-state index contributed by atoms with van der Waals surface area (Å²) in [6.07, 6.45) is -9.07. The molecule has 0 unspecified atom stereocenters. The Bertz CT molecular complexity index is 1260. The normalized spacial score (nSPS) is 31.8. The molecule has 2 aliphatic rings. The summed E-state index contributed by atoms with van der Waals surface area (Å²) in [5.41, 5.74) is 3.26. The number of aliphatic hydroxyl groups excluding tert-OH is 4. The molecular weight excluding hydrogens is 722 g/mol. The second kappa shape index (κ2) is 11.9. The summed E-state index contributed by atoms with van der Waals surface area (Å²) in [6.45, 7) is -1.10. The van der Waals surface area contributed by atoms with E-state index < -0.39 is 79.4 Å². The molecule has 0 radical (unpaired) electrons. The molecule has 2 saturated heterocycles. The number of halogens is 4. The van der Waals surface area contributed by atoms with Crippen LogP contribution in [0.4, 0.5) is 14.6 Å². The maximum absolute atomic E-state index is 13.8. The lowest BCUT2D eigenvalue weighted by molar-refractivity contribution is -0.0492. The van der Waals surface area contributed by atoms with Crippen LogP contribution in [-0.4, -0.2) is 89.5 Å². The first-order valence-electron chi connectivity index (χ1n) is 10.1. The number of ether oxygens (including phenoxy) is 2. The summed E-state index contributed by atoms with van der Waals surface area (Å²) in [7, 11) is 0. The van der Waals surface area contributed by atoms with Gasteiger partial charge < -0.3 is 35.6 Å². The van der Waals surface area contributed by atoms with E-state index in [-0.39, 0.29) is 9.39 Å². The van der Waals surface area contributed by atoms with Gasteiger partial charge >= 0.3 is 11.4 Å². The summed E-state index contributed by atoms with van der Waals surface area (Å²) < 4.78 is 40.2. The minimum Gasteiger partial charge on any atom is -0.394 e. The van der Waals surface area contributed by atoms with Gasteiger partial charge in [-0.3, -0.25) is 18.9 Å². The minimum absolute atomic E-state index is 0.0458. The highest BCUT2D eigenvalue weighted by Gasteiger charge is 2.46. The van der Waals surface area contributed by atoms with Crippen molar-refractivity contribution in [2.24, 2.45) is 0 Å². The Hall–Kier alpha value is -1.56. The van der Waals surface area contributed by atoms with Crippen molar-refractivity contribution < 1.29 is 38.7 Å². The minimum atomic E-state index is -1.86. The Labute approximate surface area is 227 Å². The lowest BCUT2D eigenvalue weighted by Crippen LogP contribution is -2.37. The highest BCUT2D eigenvalue weighted by atomic mass is 127. The van der Waals surface area contributed by atoms with Crippen LogP contribution in [0.5, 0.6) is 0 Å². The van der Waals surface area contributed by atoms with Crippen LogP contribution in [0.1, 0.15) is 12.5 Å². The molecule has 2 aromatic heterocycles. The number of nitrogens with zero attached hydrogens (tertiary/aromatic N) is 3. The number of nitrogens with one attached hydrogen (secondary N) is 1. The highest BCUT2D eigenvalue weighted by Crippen LogP contribution is 2.32. The van der Waals surface area contributed by atoms with Gasteiger partial charge in [0, 0.05) is 12.4 Å². The fourth-order valence-electron chi connectivity index (χ4n) is 3.45. The topological polar surface area (TPSA) is 215 Å². The van der Waals surface area contributed by atoms with E-state index in [4.69, 9.17) is 25.4 Å². The fourth-order valence-corrected chi connectivity index (χ4v) is 4.30. The molecule has 4 heterocycles. The average molecular weight is 743 g/mol. The summed E-state index contributed by atoms with van der Waals surface area (Å²) in [5, 5.41) is 36.7. The second-order valence-electron chi connectivity index (χ2n) is 7.67. The third kappa shape index (κ3) is 5.79. The highest BCUT2D eigenvalue weighted by molar-refractivity contribution is 14.1. The van der Waals surface area contributed by atoms with E-state index in [2.05, 4.69) is 4.98 Å². The number of hydrogen-bond acceptors (Lipinski definition) is 11. The third-order valence-corrected chi connectivity index (χ3v) is 6.95. The first-order valence-corrected chi connectivity index (χ1v) is 12.3. The Morgan fingerprint density at radius 3 is 1.89 bits per heavy atom. The van der Waals surface area contributed by atoms with Gasteiger partial charge in [-0.15, -0.1) is 0 Å². The van der Waals surface area contributed by atoms with Crippen LogP contribution in [-0.2, 0) is 9.47 Å². The molecule has 2 fully saturated rings. The van der Waals surface area contributed by atoms with Crippen molar-refractivity contribution in [3.63, 3.8) is 0 Å². The number of nitrogens with two attached hydrogens (primary N) is 1. The first kappa shape index (κ1) is 29.0. The van der Waals surface area contributed by atoms with E-state index in [0.29, 0.717) is 3.57 Å². The van der Waals surface area contributed by atoms with E-state index in [1.807, 2.05) is 27.6 Å². The Kier molecular flexibility index (Phi) is 9.57. The van der Waals surface area contributed by atoms with Crippen molar-refractivity contribution in [3.8, 4) is 0 Å². The molecule has 4 rings (SSSR count). The maximum Gasteiger partial charge on any atom is 0.351 e. The Balaban J connectivity index is 0.000000201. The standard InChI is InChI=1S/C9H11FIN3O4.C9H10FIN2O5/c10-5-6(16)4(2-15)18-8(5)14-1-3(11)7(12)13-9(14)17;10-5-6(15)4(2-14)18-8(5)13-1-3(11)7(16)12-9(13)17/h1,4-6,8,15-16H,2H2,(H2,12,13,17);1,4-6,8,14-15H,2H2,(H,12,16,17)/t2*4-,5+,6-,8-/m11/s1. The number of aliphatic hydroxyl groups is 4. The third-order valence-electron chi connectivity index (χ3n) is 5.35. The maximum atomic E-state index is 13.8. The fraction of sp³-hybridized carbons (Fsp3) is 0.556. The Morgan fingerprint density at radius 1 is 0.944 bits per heavy atom. The van der Waals surface area contributed by atoms with E-state index >= 15 is 0 Å². The number of aromatic amines is 1. The number of H-pyrrole nitrogens is 1. The van der Waals surface area contributed by atoms with Gasteiger partial charge in [0.15, 0.2) is 24.8 Å². The molecule has 2 aromatic rings. The Morgan fingerprint density at radius 2 is 1.42 bits per heavy atom. The van der Waals surface area contributed by atoms with Crippen molar-refractivity contribution in [1.82, 2.24) is 19.1 Å². The molecular formula is C18H21F2I2N5O9. The SMILES string of the molecule is Nc1nc(=O)n([C@@H]2O[C@H](CO)[C@@H](O)[C@@H]2F)cc1I.O=c1[nH]c(=O)n([C@@H]2O[C@H](CO)[C@@H](O)[C@@H]2F)cc1I. The lowest BCUT2D eigenvalue weighted by Gasteiger charge is -2.16. The van der Waals surface area contributed by atoms with Gasteiger partial charge in [0.2, 0.25) is 0 Å². The molecule has 18 heteroatoms. The molecule has 2 aliphatic heterocycles. The molecule has 0 spiro atoms. The molecule has 0 amide bonds. The number of aromatic nitrogens is 4. The first-order chi connectivity index (χ1) is 16.9. The number of rotatable bonds is 4. The summed E-state index contributed by atoms with van der Waals surface area (Å²) in [6, 6.07) is 0. The summed E-state index contributed by atoms with van der Waals surface area (Å²) in [5.74, 6) is 0.0458. The van der Waals surface area contributed by atoms with Crippen LogP contribution < -0.4 is 22.7 Å². The molecule has 8 atom stereocenters. The van der Waals surface area contributed by atoms with Gasteiger partial charge in [0.05, 0.1) is 20.4 Å². The van der Waals surface area contributed by atoms with Crippen molar-refractivity contribution in [1.29, 1.82) is 0 Å². The van der Waals surface area contributed by atoms with Crippen LogP contribution in [0.2, 0.25) is 0 Å². The van der Waals surface area contributed by atoms with E-state index in [1.165, 1.54) is 6.20 Å². The van der Waals surface area contributed by atoms with Crippen LogP contribution >= 0.6 is 45.2 Å². The van der Waals surface area contributed by atoms with Crippen molar-refractivity contribution in [2.45, 2.75) is 49.2 Å². The zero-order chi connectivity index (χ0) is 26.9. The monoisotopic (exact) mass is 743 g/mol. The van der Waals surface area contributed by atoms with Gasteiger partial charge in [0.1, 0.15) is 30.2 Å². The molecule has 0 bridgehead atoms. The predicted octanol–water partition coefficient (Wildman–Crippen LogP) is -2.25. The predicted molar refractivity (Wildman–Crippen MR) is 133 cm³/mol. The van der Waals surface area contributed by atoms with Gasteiger partial charge in [-0.25, -0.2) is 18.4 Å². The smallest absolute Gasteiger partial charge is 0.351 e. The van der Waals surface area contributed by atoms with Gasteiger partial charge in [0.25, 0.3) is 5.56 Å². The zero-order valence-electron chi connectivity index (χ0n) is 17.9. The van der Waals surface area contributed by atoms with Gasteiger partial charge in [-0.1, -0.05) is 0 Å². The molecule has 7 N–H and O–H groups in total. The molecule has 0 aliphatic carbocycles. The van der Waals surface area contributed by atoms with Crippen LogP contribution in [0.3, 0.4) is 0 Å². The molecule has 36 heavy (non-hydrogen) atoms. The van der Waals surface area contributed by atoms with Crippen molar-refractivity contribution >= 4 is 51.0 Å². The summed E-state index contributed by atoms with van der Waals surface area (Å²) in [4.78, 5) is 39.8. The molecule has 14 nitrogen and oxygen atoms in total. The van der Waals surface area contributed by atoms with Gasteiger partial charge in [-0.2, -0.15) is 4.98 Å². The molecule has 0 saturated carbocycles. The van der Waals surface area contributed by atoms with E-state index in [1.54, 1.807) is 22.6 Å². The number of nitrogen functional groups attached to an aromatic ring is 1. The average Bonchev–Trinajstić information content (AvgIpc) is 3.29. The second-order valence-corrected chi connectivity index (χ2v) is 10.00. The number of hydrogen-bond donors (Lipinski definition) is 6. The van der Waals surface area contributed by atoms with E-state index in [9.17, 15) is 33.4 Å². The summed E-state index contributed by atoms with van der Waals surface area (Å²) >= 11 is 3.53. The van der Waals surface area contributed by atoms with Crippen molar-refractivity contribution in [2.75, 3.05) is 18.9 Å². The van der Waals surface area contributed by atoms with Crippen LogP contribution in [0, 0.1) is 7.14 Å². The molecule has 200 valence electrons. The van der Waals surface area contributed by atoms with Crippen LogP contribution in [0.15, 0.2) is 26.8 Å². The quantitative estimate of drug-likeness (QED) is 0.184. The molecule has 0 aromatic carbocycles. The number of alkyl halides is 2. The van der Waals surface area contributed by atoms with Gasteiger partial charge in [-0.05, 0) is 45.2 Å². The van der Waals surface area contributed by atoms with Crippen LogP contribution in [0.25, 0.3) is 0 Å². The lowest BCUT2D eigenvalue weighted by atomic mass is 10.1. The van der Waals surface area contributed by atoms with E-state index in [0.717, 1.165) is 15.3 Å². The number of anilines is 1. The van der Waals surface area contributed by atoms with Crippen molar-refractivity contribution in [3.05, 3.63) is 50.9 Å². The largest absolute Gasteiger partial charge is 0.394 e. The zero-order valence-corrected chi connectivity index (χ0v) is 22.3.